The molecule has 4 heteroatoms. The van der Waals surface area contributed by atoms with Gasteiger partial charge in [-0.1, -0.05) is 6.07 Å². The van der Waals surface area contributed by atoms with Gasteiger partial charge in [-0.15, -0.1) is 0 Å². The van der Waals surface area contributed by atoms with E-state index < -0.39 is 5.97 Å². The lowest BCUT2D eigenvalue weighted by Gasteiger charge is -2.00. The first-order valence-corrected chi connectivity index (χ1v) is 5.41. The van der Waals surface area contributed by atoms with Crippen molar-refractivity contribution in [1.82, 2.24) is 4.98 Å². The third kappa shape index (κ3) is 2.36. The Morgan fingerprint density at radius 2 is 2.24 bits per heavy atom. The highest BCUT2D eigenvalue weighted by atomic mass is 16.5. The van der Waals surface area contributed by atoms with E-state index in [4.69, 9.17) is 9.15 Å². The van der Waals surface area contributed by atoms with Gasteiger partial charge in [0.15, 0.2) is 5.76 Å². The van der Waals surface area contributed by atoms with E-state index in [-0.39, 0.29) is 5.76 Å². The molecule has 4 nitrogen and oxygen atoms in total. The van der Waals surface area contributed by atoms with Crippen molar-refractivity contribution in [2.45, 2.75) is 13.8 Å². The van der Waals surface area contributed by atoms with Gasteiger partial charge in [0.1, 0.15) is 5.69 Å². The van der Waals surface area contributed by atoms with Crippen molar-refractivity contribution in [3.63, 3.8) is 0 Å². The third-order valence-electron chi connectivity index (χ3n) is 2.33. The SMILES string of the molecule is CCOC(=O)c1ccc(-c2ncccc2C)o1. The summed E-state index contributed by atoms with van der Waals surface area (Å²) in [5.74, 6) is 0.324. The van der Waals surface area contributed by atoms with E-state index in [0.29, 0.717) is 12.4 Å². The van der Waals surface area contributed by atoms with E-state index in [1.54, 1.807) is 25.3 Å². The van der Waals surface area contributed by atoms with Crippen LogP contribution in [0.15, 0.2) is 34.9 Å². The van der Waals surface area contributed by atoms with Crippen LogP contribution in [0.3, 0.4) is 0 Å². The van der Waals surface area contributed by atoms with E-state index in [1.165, 1.54) is 0 Å². The van der Waals surface area contributed by atoms with Crippen molar-refractivity contribution in [2.75, 3.05) is 6.61 Å². The molecule has 2 heterocycles. The van der Waals surface area contributed by atoms with Crippen molar-refractivity contribution >= 4 is 5.97 Å². The van der Waals surface area contributed by atoms with Gasteiger partial charge in [0, 0.05) is 6.20 Å². The maximum atomic E-state index is 11.4. The molecule has 0 unspecified atom stereocenters. The summed E-state index contributed by atoms with van der Waals surface area (Å²) < 4.78 is 10.3. The zero-order chi connectivity index (χ0) is 12.3. The number of hydrogen-bond donors (Lipinski definition) is 0. The molecule has 0 saturated heterocycles. The number of aromatic nitrogens is 1. The van der Waals surface area contributed by atoms with Gasteiger partial charge in [-0.05, 0) is 37.6 Å². The quantitative estimate of drug-likeness (QED) is 0.762. The molecule has 17 heavy (non-hydrogen) atoms. The minimum absolute atomic E-state index is 0.201. The maximum Gasteiger partial charge on any atom is 0.374 e. The normalized spacial score (nSPS) is 10.2. The molecule has 2 aromatic heterocycles. The standard InChI is InChI=1S/C13H13NO3/c1-3-16-13(15)11-7-6-10(17-11)12-9(2)5-4-8-14-12/h4-8H,3H2,1-2H3. The summed E-state index contributed by atoms with van der Waals surface area (Å²) in [4.78, 5) is 15.7. The van der Waals surface area contributed by atoms with Gasteiger partial charge in [0.2, 0.25) is 5.76 Å². The van der Waals surface area contributed by atoms with Crippen molar-refractivity contribution in [1.29, 1.82) is 0 Å². The molecule has 0 aliphatic heterocycles. The second-order valence-corrected chi connectivity index (χ2v) is 3.55. The van der Waals surface area contributed by atoms with Crippen molar-refractivity contribution in [3.05, 3.63) is 41.8 Å². The zero-order valence-corrected chi connectivity index (χ0v) is 9.77. The van der Waals surface area contributed by atoms with Gasteiger partial charge < -0.3 is 9.15 Å². The Bertz CT molecular complexity index is 531. The molecule has 0 fully saturated rings. The van der Waals surface area contributed by atoms with Crippen LogP contribution >= 0.6 is 0 Å². The van der Waals surface area contributed by atoms with Gasteiger partial charge in [0.05, 0.1) is 6.61 Å². The molecule has 0 spiro atoms. The Hall–Kier alpha value is -2.10. The molecule has 88 valence electrons. The van der Waals surface area contributed by atoms with E-state index in [2.05, 4.69) is 4.98 Å². The molecular formula is C13H13NO3. The van der Waals surface area contributed by atoms with Crippen LogP contribution in [0, 0.1) is 6.92 Å². The molecule has 2 rings (SSSR count). The summed E-state index contributed by atoms with van der Waals surface area (Å²) in [6, 6.07) is 7.12. The molecule has 0 N–H and O–H groups in total. The molecule has 0 saturated carbocycles. The minimum Gasteiger partial charge on any atom is -0.460 e. The zero-order valence-electron chi connectivity index (χ0n) is 9.77. The van der Waals surface area contributed by atoms with Crippen molar-refractivity contribution in [3.8, 4) is 11.5 Å². The van der Waals surface area contributed by atoms with Crippen LogP contribution in [0.2, 0.25) is 0 Å². The largest absolute Gasteiger partial charge is 0.460 e. The average molecular weight is 231 g/mol. The van der Waals surface area contributed by atoms with Gasteiger partial charge in [-0.3, -0.25) is 4.98 Å². The van der Waals surface area contributed by atoms with E-state index in [0.717, 1.165) is 11.3 Å². The predicted octanol–water partition coefficient (Wildman–Crippen LogP) is 2.83. The lowest BCUT2D eigenvalue weighted by Crippen LogP contribution is -2.02. The van der Waals surface area contributed by atoms with Crippen LogP contribution in [0.5, 0.6) is 0 Å². The van der Waals surface area contributed by atoms with Gasteiger partial charge >= 0.3 is 5.97 Å². The summed E-state index contributed by atoms with van der Waals surface area (Å²) in [7, 11) is 0. The third-order valence-corrected chi connectivity index (χ3v) is 2.33. The monoisotopic (exact) mass is 231 g/mol. The van der Waals surface area contributed by atoms with Crippen molar-refractivity contribution < 1.29 is 13.9 Å². The Kier molecular flexibility index (Phi) is 3.23. The molecule has 0 aliphatic rings. The van der Waals surface area contributed by atoms with E-state index in [9.17, 15) is 4.79 Å². The van der Waals surface area contributed by atoms with E-state index in [1.807, 2.05) is 19.1 Å². The van der Waals surface area contributed by atoms with Crippen LogP contribution in [0.4, 0.5) is 0 Å². The predicted molar refractivity (Wildman–Crippen MR) is 62.6 cm³/mol. The Balaban J connectivity index is 2.30. The molecule has 0 aliphatic carbocycles. The number of carbonyl (C=O) groups is 1. The lowest BCUT2D eigenvalue weighted by molar-refractivity contribution is 0.0491. The van der Waals surface area contributed by atoms with E-state index >= 15 is 0 Å². The average Bonchev–Trinajstić information content (AvgIpc) is 2.79. The summed E-state index contributed by atoms with van der Waals surface area (Å²) in [6.45, 7) is 4.02. The number of ether oxygens (including phenoxy) is 1. The summed E-state index contributed by atoms with van der Waals surface area (Å²) in [5, 5.41) is 0. The first-order valence-electron chi connectivity index (χ1n) is 5.41. The van der Waals surface area contributed by atoms with Crippen LogP contribution in [0.1, 0.15) is 23.0 Å². The summed E-state index contributed by atoms with van der Waals surface area (Å²) >= 11 is 0. The van der Waals surface area contributed by atoms with Gasteiger partial charge in [-0.25, -0.2) is 4.79 Å². The second kappa shape index (κ2) is 4.82. The number of aryl methyl sites for hydroxylation is 1. The molecule has 2 aromatic rings. The van der Waals surface area contributed by atoms with Gasteiger partial charge in [0.25, 0.3) is 0 Å². The molecular weight excluding hydrogens is 218 g/mol. The Morgan fingerprint density at radius 3 is 2.94 bits per heavy atom. The van der Waals surface area contributed by atoms with Crippen LogP contribution < -0.4 is 0 Å². The fourth-order valence-corrected chi connectivity index (χ4v) is 1.52. The highest BCUT2D eigenvalue weighted by molar-refractivity contribution is 5.87. The smallest absolute Gasteiger partial charge is 0.374 e. The highest BCUT2D eigenvalue weighted by Gasteiger charge is 2.14. The summed E-state index contributed by atoms with van der Waals surface area (Å²) in [5.41, 5.74) is 1.74. The van der Waals surface area contributed by atoms with Crippen molar-refractivity contribution in [2.24, 2.45) is 0 Å². The number of pyridine rings is 1. The van der Waals surface area contributed by atoms with Crippen LogP contribution in [0.25, 0.3) is 11.5 Å². The Morgan fingerprint density at radius 1 is 1.41 bits per heavy atom. The number of carbonyl (C=O) groups excluding carboxylic acids is 1. The highest BCUT2D eigenvalue weighted by Crippen LogP contribution is 2.23. The number of esters is 1. The minimum atomic E-state index is -0.452. The number of hydrogen-bond acceptors (Lipinski definition) is 4. The molecule has 0 bridgehead atoms. The first-order chi connectivity index (χ1) is 8.22. The number of rotatable bonds is 3. The fourth-order valence-electron chi connectivity index (χ4n) is 1.52. The molecule has 0 atom stereocenters. The maximum absolute atomic E-state index is 11.4. The molecule has 0 radical (unpaired) electrons. The fraction of sp³-hybridized carbons (Fsp3) is 0.231. The second-order valence-electron chi connectivity index (χ2n) is 3.55. The van der Waals surface area contributed by atoms with Crippen LogP contribution in [-0.4, -0.2) is 17.6 Å². The number of furan rings is 1. The molecule has 0 aromatic carbocycles. The first kappa shape index (κ1) is 11.4. The van der Waals surface area contributed by atoms with Gasteiger partial charge in [-0.2, -0.15) is 0 Å². The molecule has 0 amide bonds. The number of nitrogens with zero attached hydrogens (tertiary/aromatic N) is 1. The summed E-state index contributed by atoms with van der Waals surface area (Å²) in [6.07, 6.45) is 1.69. The topological polar surface area (TPSA) is 52.3 Å². The van der Waals surface area contributed by atoms with Crippen LogP contribution in [-0.2, 0) is 4.74 Å². The Labute approximate surface area is 99.2 Å². The lowest BCUT2D eigenvalue weighted by atomic mass is 10.2.